The van der Waals surface area contributed by atoms with Gasteiger partial charge in [-0.3, -0.25) is 0 Å². The third kappa shape index (κ3) is 2.22. The predicted molar refractivity (Wildman–Crippen MR) is 69.3 cm³/mol. The topological polar surface area (TPSA) is 21.3 Å². The molecule has 1 unspecified atom stereocenters. The second-order valence-electron chi connectivity index (χ2n) is 5.19. The predicted octanol–water partition coefficient (Wildman–Crippen LogP) is 3.31. The van der Waals surface area contributed by atoms with Crippen LogP contribution >= 0.6 is 11.6 Å². The highest BCUT2D eigenvalue weighted by Crippen LogP contribution is 2.36. The molecule has 1 saturated carbocycles. The highest BCUT2D eigenvalue weighted by molar-refractivity contribution is 6.31. The smallest absolute Gasteiger partial charge is 0.0964 e. The summed E-state index contributed by atoms with van der Waals surface area (Å²) in [7, 11) is 0. The molecule has 1 atom stereocenters. The number of nitrogens with one attached hydrogen (secondary N) is 1. The Labute approximate surface area is 107 Å². The van der Waals surface area contributed by atoms with Crippen LogP contribution in [0.4, 0.5) is 0 Å². The normalized spacial score (nSPS) is 27.5. The lowest BCUT2D eigenvalue weighted by Gasteiger charge is -2.39. The Bertz CT molecular complexity index is 391. The molecule has 2 nitrogen and oxygen atoms in total. The Morgan fingerprint density at radius 3 is 2.65 bits per heavy atom. The van der Waals surface area contributed by atoms with Gasteiger partial charge in [-0.05, 0) is 18.9 Å². The Kier molecular flexibility index (Phi) is 3.12. The first-order chi connectivity index (χ1) is 8.29. The Morgan fingerprint density at radius 2 is 2.00 bits per heavy atom. The molecule has 3 heteroatoms. The zero-order valence-corrected chi connectivity index (χ0v) is 10.7. The molecule has 0 bridgehead atoms. The summed E-state index contributed by atoms with van der Waals surface area (Å²) in [6.07, 6.45) is 5.26. The summed E-state index contributed by atoms with van der Waals surface area (Å²) in [6.45, 7) is 1.70. The van der Waals surface area contributed by atoms with Crippen LogP contribution in [0.15, 0.2) is 24.3 Å². The average Bonchev–Trinajstić information content (AvgIpc) is 2.80. The fourth-order valence-corrected chi connectivity index (χ4v) is 3.25. The molecule has 3 rings (SSSR count). The van der Waals surface area contributed by atoms with E-state index in [4.69, 9.17) is 16.3 Å². The van der Waals surface area contributed by atoms with E-state index < -0.39 is 0 Å². The molecule has 17 heavy (non-hydrogen) atoms. The molecule has 1 N–H and O–H groups in total. The number of hydrogen-bond acceptors (Lipinski definition) is 2. The lowest BCUT2D eigenvalue weighted by molar-refractivity contribution is -0.0325. The first-order valence-electron chi connectivity index (χ1n) is 6.40. The standard InChI is InChI=1S/C14H18ClNO/c15-12-6-2-1-5-11(12)13-9-16-14(10-17-13)7-3-4-8-14/h1-2,5-6,13,16H,3-4,7-10H2. The molecular formula is C14H18ClNO. The lowest BCUT2D eigenvalue weighted by atomic mass is 9.95. The van der Waals surface area contributed by atoms with E-state index in [2.05, 4.69) is 11.4 Å². The van der Waals surface area contributed by atoms with E-state index in [0.717, 1.165) is 23.7 Å². The van der Waals surface area contributed by atoms with Gasteiger partial charge < -0.3 is 10.1 Å². The van der Waals surface area contributed by atoms with E-state index in [9.17, 15) is 0 Å². The molecule has 1 spiro atoms. The minimum Gasteiger partial charge on any atom is -0.370 e. The van der Waals surface area contributed by atoms with E-state index in [1.165, 1.54) is 25.7 Å². The van der Waals surface area contributed by atoms with Crippen LogP contribution in [0.3, 0.4) is 0 Å². The van der Waals surface area contributed by atoms with E-state index >= 15 is 0 Å². The monoisotopic (exact) mass is 251 g/mol. The maximum Gasteiger partial charge on any atom is 0.0964 e. The van der Waals surface area contributed by atoms with Crippen molar-refractivity contribution in [3.05, 3.63) is 34.9 Å². The van der Waals surface area contributed by atoms with Gasteiger partial charge in [0, 0.05) is 22.7 Å². The highest BCUT2D eigenvalue weighted by atomic mass is 35.5. The van der Waals surface area contributed by atoms with Crippen molar-refractivity contribution in [3.8, 4) is 0 Å². The Hall–Kier alpha value is -0.570. The molecule has 1 saturated heterocycles. The summed E-state index contributed by atoms with van der Waals surface area (Å²) in [5, 5.41) is 4.49. The number of morpholine rings is 1. The van der Waals surface area contributed by atoms with Crippen LogP contribution in [0.1, 0.15) is 37.4 Å². The van der Waals surface area contributed by atoms with E-state index in [1.807, 2.05) is 18.2 Å². The Morgan fingerprint density at radius 1 is 1.24 bits per heavy atom. The first kappa shape index (κ1) is 11.5. The molecule has 1 aliphatic carbocycles. The minimum atomic E-state index is 0.106. The van der Waals surface area contributed by atoms with Gasteiger partial charge in [-0.15, -0.1) is 0 Å². The van der Waals surface area contributed by atoms with Gasteiger partial charge in [0.05, 0.1) is 12.7 Å². The summed E-state index contributed by atoms with van der Waals surface area (Å²) < 4.78 is 6.04. The molecule has 0 radical (unpaired) electrons. The summed E-state index contributed by atoms with van der Waals surface area (Å²) in [6, 6.07) is 7.96. The molecule has 0 aromatic heterocycles. The van der Waals surface area contributed by atoms with Crippen LogP contribution in [0.5, 0.6) is 0 Å². The third-order valence-corrected chi connectivity index (χ3v) is 4.38. The number of hydrogen-bond donors (Lipinski definition) is 1. The average molecular weight is 252 g/mol. The second-order valence-corrected chi connectivity index (χ2v) is 5.60. The van der Waals surface area contributed by atoms with Crippen LogP contribution in [-0.4, -0.2) is 18.7 Å². The second kappa shape index (κ2) is 4.60. The van der Waals surface area contributed by atoms with Gasteiger partial charge >= 0.3 is 0 Å². The molecule has 1 aromatic rings. The number of rotatable bonds is 1. The van der Waals surface area contributed by atoms with Crippen LogP contribution < -0.4 is 5.32 Å². The van der Waals surface area contributed by atoms with Gasteiger partial charge in [0.1, 0.15) is 0 Å². The van der Waals surface area contributed by atoms with Gasteiger partial charge in [0.15, 0.2) is 0 Å². The van der Waals surface area contributed by atoms with Crippen LogP contribution in [0.2, 0.25) is 5.02 Å². The van der Waals surface area contributed by atoms with Crippen molar-refractivity contribution in [2.75, 3.05) is 13.2 Å². The van der Waals surface area contributed by atoms with Crippen molar-refractivity contribution in [1.29, 1.82) is 0 Å². The minimum absolute atomic E-state index is 0.106. The molecule has 0 amide bonds. The summed E-state index contributed by atoms with van der Waals surface area (Å²) in [5.74, 6) is 0. The summed E-state index contributed by atoms with van der Waals surface area (Å²) in [4.78, 5) is 0. The molecular weight excluding hydrogens is 234 g/mol. The van der Waals surface area contributed by atoms with Crippen molar-refractivity contribution in [2.45, 2.75) is 37.3 Å². The quantitative estimate of drug-likeness (QED) is 0.827. The fraction of sp³-hybridized carbons (Fsp3) is 0.571. The van der Waals surface area contributed by atoms with Gasteiger partial charge in [0.2, 0.25) is 0 Å². The number of halogens is 1. The van der Waals surface area contributed by atoms with Crippen molar-refractivity contribution in [3.63, 3.8) is 0 Å². The first-order valence-corrected chi connectivity index (χ1v) is 6.78. The van der Waals surface area contributed by atoms with Crippen molar-refractivity contribution in [1.82, 2.24) is 5.32 Å². The number of ether oxygens (including phenoxy) is 1. The zero-order chi connectivity index (χ0) is 11.7. The van der Waals surface area contributed by atoms with E-state index in [0.29, 0.717) is 0 Å². The molecule has 1 aliphatic heterocycles. The van der Waals surface area contributed by atoms with E-state index in [-0.39, 0.29) is 11.6 Å². The Balaban J connectivity index is 1.71. The van der Waals surface area contributed by atoms with Crippen LogP contribution in [0.25, 0.3) is 0 Å². The molecule has 92 valence electrons. The lowest BCUT2D eigenvalue weighted by Crippen LogP contribution is -2.53. The van der Waals surface area contributed by atoms with Gasteiger partial charge in [-0.25, -0.2) is 0 Å². The van der Waals surface area contributed by atoms with Crippen LogP contribution in [-0.2, 0) is 4.74 Å². The SMILES string of the molecule is Clc1ccccc1C1CNC2(CCCC2)CO1. The maximum absolute atomic E-state index is 6.20. The van der Waals surface area contributed by atoms with Gasteiger partial charge in [-0.1, -0.05) is 42.6 Å². The van der Waals surface area contributed by atoms with Crippen molar-refractivity contribution < 1.29 is 4.74 Å². The number of benzene rings is 1. The van der Waals surface area contributed by atoms with Crippen molar-refractivity contribution >= 4 is 11.6 Å². The molecule has 2 aliphatic rings. The van der Waals surface area contributed by atoms with Gasteiger partial charge in [0.25, 0.3) is 0 Å². The molecule has 1 heterocycles. The maximum atomic E-state index is 6.20. The fourth-order valence-electron chi connectivity index (χ4n) is 2.99. The van der Waals surface area contributed by atoms with Gasteiger partial charge in [-0.2, -0.15) is 0 Å². The zero-order valence-electron chi connectivity index (χ0n) is 9.92. The third-order valence-electron chi connectivity index (χ3n) is 4.04. The summed E-state index contributed by atoms with van der Waals surface area (Å²) in [5.41, 5.74) is 1.37. The van der Waals surface area contributed by atoms with Crippen molar-refractivity contribution in [2.24, 2.45) is 0 Å². The molecule has 1 aromatic carbocycles. The summed E-state index contributed by atoms with van der Waals surface area (Å²) >= 11 is 6.20. The van der Waals surface area contributed by atoms with E-state index in [1.54, 1.807) is 0 Å². The highest BCUT2D eigenvalue weighted by Gasteiger charge is 2.38. The molecule has 2 fully saturated rings. The van der Waals surface area contributed by atoms with Crippen LogP contribution in [0, 0.1) is 0 Å². The largest absolute Gasteiger partial charge is 0.370 e.